The van der Waals surface area contributed by atoms with Gasteiger partial charge in [0.15, 0.2) is 0 Å². The van der Waals surface area contributed by atoms with Gasteiger partial charge in [-0.2, -0.15) is 0 Å². The van der Waals surface area contributed by atoms with Crippen molar-refractivity contribution < 1.29 is 4.42 Å². The summed E-state index contributed by atoms with van der Waals surface area (Å²) >= 11 is 0. The maximum Gasteiger partial charge on any atom is 0.135 e. The molecule has 0 spiro atoms. The Morgan fingerprint density at radius 1 is 0.178 bits per heavy atom. The molecule has 0 atom stereocenters. The summed E-state index contributed by atoms with van der Waals surface area (Å²) in [6.45, 7) is 0. The zero-order chi connectivity index (χ0) is 48.0. The van der Waals surface area contributed by atoms with E-state index in [1.165, 1.54) is 131 Å². The van der Waals surface area contributed by atoms with Gasteiger partial charge in [-0.25, -0.2) is 0 Å². The third kappa shape index (κ3) is 6.56. The highest BCUT2D eigenvalue weighted by Gasteiger charge is 2.21. The quantitative estimate of drug-likeness (QED) is 0.151. The number of benzene rings is 14. The van der Waals surface area contributed by atoms with E-state index in [0.717, 1.165) is 21.9 Å². The maximum atomic E-state index is 6.27. The van der Waals surface area contributed by atoms with Gasteiger partial charge in [0.1, 0.15) is 11.2 Å². The summed E-state index contributed by atoms with van der Waals surface area (Å²) in [5.74, 6) is 0. The molecular formula is C72H44O. The standard InChI is InChI=1S/C72H44O/c1-2-18-49-42-52(37-32-45(49)16-1)71-63-29-11-9-27-61(63)70(62-28-10-12-30-64(62)71)51-20-15-19-50(43-51)55-40-38-46-17-3-4-21-54(46)68(55)47-33-35-48(36-34-47)69-57-23-5-7-25-59(57)72(60-26-8-6-24-58(60)69)53-39-41-67-65(44-53)56-22-13-14-31-66(56)73-67/h1-44H. The molecule has 0 saturated carbocycles. The molecule has 1 aromatic heterocycles. The number of hydrogen-bond acceptors (Lipinski definition) is 1. The van der Waals surface area contributed by atoms with Gasteiger partial charge in [0, 0.05) is 10.8 Å². The van der Waals surface area contributed by atoms with Crippen LogP contribution < -0.4 is 0 Å². The minimum absolute atomic E-state index is 0.905. The van der Waals surface area contributed by atoms with Crippen molar-refractivity contribution in [3.8, 4) is 66.8 Å². The molecule has 0 radical (unpaired) electrons. The Bertz CT molecular complexity index is 4610. The molecule has 0 saturated heterocycles. The summed E-state index contributed by atoms with van der Waals surface area (Å²) in [7, 11) is 0. The van der Waals surface area contributed by atoms with Gasteiger partial charge in [-0.15, -0.1) is 0 Å². The Hall–Kier alpha value is -9.56. The summed E-state index contributed by atoms with van der Waals surface area (Å²) in [4.78, 5) is 0. The minimum Gasteiger partial charge on any atom is -0.456 e. The van der Waals surface area contributed by atoms with E-state index >= 15 is 0 Å². The van der Waals surface area contributed by atoms with Crippen molar-refractivity contribution in [1.29, 1.82) is 0 Å². The van der Waals surface area contributed by atoms with Gasteiger partial charge >= 0.3 is 0 Å². The van der Waals surface area contributed by atoms with Crippen LogP contribution in [0.15, 0.2) is 271 Å². The molecule has 1 heteroatoms. The zero-order valence-corrected chi connectivity index (χ0v) is 39.8. The van der Waals surface area contributed by atoms with Crippen molar-refractivity contribution in [3.63, 3.8) is 0 Å². The first-order chi connectivity index (χ1) is 36.2. The average molecular weight is 925 g/mol. The third-order valence-electron chi connectivity index (χ3n) is 15.4. The van der Waals surface area contributed by atoms with Crippen LogP contribution in [0.2, 0.25) is 0 Å². The summed E-state index contributed by atoms with van der Waals surface area (Å²) in [6, 6.07) is 98.3. The largest absolute Gasteiger partial charge is 0.456 e. The number of rotatable bonds is 6. The lowest BCUT2D eigenvalue weighted by Gasteiger charge is -2.19. The number of fused-ring (bicyclic) bond motifs is 9. The van der Waals surface area contributed by atoms with Crippen LogP contribution in [-0.4, -0.2) is 0 Å². The Kier molecular flexibility index (Phi) is 9.33. The summed E-state index contributed by atoms with van der Waals surface area (Å²) in [5.41, 5.74) is 16.4. The van der Waals surface area contributed by atoms with Crippen molar-refractivity contribution in [2.45, 2.75) is 0 Å². The molecule has 0 unspecified atom stereocenters. The van der Waals surface area contributed by atoms with Gasteiger partial charge in [0.05, 0.1) is 0 Å². The molecule has 338 valence electrons. The van der Waals surface area contributed by atoms with Crippen molar-refractivity contribution in [2.75, 3.05) is 0 Å². The van der Waals surface area contributed by atoms with E-state index in [9.17, 15) is 0 Å². The van der Waals surface area contributed by atoms with E-state index < -0.39 is 0 Å². The fourth-order valence-electron chi connectivity index (χ4n) is 12.2. The van der Waals surface area contributed by atoms with Gasteiger partial charge in [-0.3, -0.25) is 0 Å². The fraction of sp³-hybridized carbons (Fsp3) is 0. The molecule has 1 nitrogen and oxygen atoms in total. The number of hydrogen-bond donors (Lipinski definition) is 0. The van der Waals surface area contributed by atoms with Crippen LogP contribution in [0.3, 0.4) is 0 Å². The lowest BCUT2D eigenvalue weighted by Crippen LogP contribution is -1.93. The van der Waals surface area contributed by atoms with Gasteiger partial charge < -0.3 is 4.42 Å². The maximum absolute atomic E-state index is 6.27. The molecule has 1 heterocycles. The first-order valence-electron chi connectivity index (χ1n) is 25.2. The van der Waals surface area contributed by atoms with E-state index in [0.29, 0.717) is 0 Å². The van der Waals surface area contributed by atoms with Gasteiger partial charge in [-0.1, -0.05) is 237 Å². The normalized spacial score (nSPS) is 11.8. The molecule has 0 aliphatic carbocycles. The monoisotopic (exact) mass is 924 g/mol. The first-order valence-corrected chi connectivity index (χ1v) is 25.2. The molecule has 14 aromatic carbocycles. The van der Waals surface area contributed by atoms with Crippen LogP contribution in [0.1, 0.15) is 0 Å². The molecule has 15 rings (SSSR count). The zero-order valence-electron chi connectivity index (χ0n) is 39.8. The molecule has 15 aromatic rings. The smallest absolute Gasteiger partial charge is 0.135 e. The Morgan fingerprint density at radius 2 is 0.562 bits per heavy atom. The SMILES string of the molecule is c1cc(-c2ccc3ccccc3c2-c2ccc(-c3c4ccccc4c(-c4ccc5oc6ccccc6c5c4)c4ccccc34)cc2)cc(-c2c3ccccc3c(-c3ccc4ccccc4c3)c3ccccc23)c1. The van der Waals surface area contributed by atoms with Crippen molar-refractivity contribution in [2.24, 2.45) is 0 Å². The van der Waals surface area contributed by atoms with Crippen LogP contribution in [0.5, 0.6) is 0 Å². The van der Waals surface area contributed by atoms with E-state index in [-0.39, 0.29) is 0 Å². The highest BCUT2D eigenvalue weighted by atomic mass is 16.3. The molecule has 0 aliphatic heterocycles. The second-order valence-electron chi connectivity index (χ2n) is 19.4. The van der Waals surface area contributed by atoms with Crippen LogP contribution in [0, 0.1) is 0 Å². The first kappa shape index (κ1) is 41.2. The third-order valence-corrected chi connectivity index (χ3v) is 15.4. The molecule has 0 bridgehead atoms. The highest BCUT2D eigenvalue weighted by molar-refractivity contribution is 6.24. The summed E-state index contributed by atoms with van der Waals surface area (Å²) in [5, 5.41) is 17.1. The van der Waals surface area contributed by atoms with E-state index in [4.69, 9.17) is 4.42 Å². The van der Waals surface area contributed by atoms with Crippen molar-refractivity contribution in [1.82, 2.24) is 0 Å². The van der Waals surface area contributed by atoms with Crippen LogP contribution in [0.4, 0.5) is 0 Å². The van der Waals surface area contributed by atoms with Gasteiger partial charge in [0.2, 0.25) is 0 Å². The lowest BCUT2D eigenvalue weighted by atomic mass is 9.84. The second-order valence-corrected chi connectivity index (χ2v) is 19.4. The summed E-state index contributed by atoms with van der Waals surface area (Å²) < 4.78 is 6.27. The van der Waals surface area contributed by atoms with E-state index in [1.807, 2.05) is 6.07 Å². The lowest BCUT2D eigenvalue weighted by molar-refractivity contribution is 0.669. The topological polar surface area (TPSA) is 13.1 Å². The minimum atomic E-state index is 0.905. The second kappa shape index (κ2) is 16.5. The predicted octanol–water partition coefficient (Wildman–Crippen LogP) is 20.5. The van der Waals surface area contributed by atoms with Crippen molar-refractivity contribution >= 4 is 86.6 Å². The Balaban J connectivity index is 0.881. The van der Waals surface area contributed by atoms with Gasteiger partial charge in [0.25, 0.3) is 0 Å². The fourth-order valence-corrected chi connectivity index (χ4v) is 12.2. The van der Waals surface area contributed by atoms with Crippen LogP contribution in [-0.2, 0) is 0 Å². The van der Waals surface area contributed by atoms with E-state index in [1.54, 1.807) is 0 Å². The molecular weight excluding hydrogens is 881 g/mol. The van der Waals surface area contributed by atoms with Crippen LogP contribution in [0.25, 0.3) is 153 Å². The van der Waals surface area contributed by atoms with Gasteiger partial charge in [-0.05, 0) is 162 Å². The Morgan fingerprint density at radius 3 is 1.15 bits per heavy atom. The van der Waals surface area contributed by atoms with Crippen LogP contribution >= 0.6 is 0 Å². The molecule has 73 heavy (non-hydrogen) atoms. The molecule has 0 aliphatic rings. The number of furan rings is 1. The van der Waals surface area contributed by atoms with Crippen molar-refractivity contribution in [3.05, 3.63) is 267 Å². The highest BCUT2D eigenvalue weighted by Crippen LogP contribution is 2.48. The predicted molar refractivity (Wildman–Crippen MR) is 311 cm³/mol. The number of para-hydroxylation sites is 1. The molecule has 0 amide bonds. The molecule has 0 fully saturated rings. The Labute approximate surface area is 422 Å². The average Bonchev–Trinajstić information content (AvgIpc) is 3.84. The van der Waals surface area contributed by atoms with E-state index in [2.05, 4.69) is 261 Å². The molecule has 0 N–H and O–H groups in total. The summed E-state index contributed by atoms with van der Waals surface area (Å²) in [6.07, 6.45) is 0.